The maximum absolute atomic E-state index is 12.2. The zero-order valence-electron chi connectivity index (χ0n) is 10.6. The molecule has 6 heteroatoms. The van der Waals surface area contributed by atoms with Crippen molar-refractivity contribution in [2.45, 2.75) is 0 Å². The average molecular weight is 254 g/mol. The second kappa shape index (κ2) is 7.62. The first-order valence-corrected chi connectivity index (χ1v) is 5.65. The van der Waals surface area contributed by atoms with Gasteiger partial charge in [0.05, 0.1) is 13.2 Å². The molecule has 18 heavy (non-hydrogen) atoms. The number of carbonyl (C=O) groups is 1. The highest BCUT2D eigenvalue weighted by molar-refractivity contribution is 5.93. The van der Waals surface area contributed by atoms with E-state index in [2.05, 4.69) is 4.98 Å². The summed E-state index contributed by atoms with van der Waals surface area (Å²) in [6.07, 6.45) is 2.91. The number of hydrogen-bond acceptors (Lipinski definition) is 4. The predicted octanol–water partition coefficient (Wildman–Crippen LogP) is 0.110. The fourth-order valence-corrected chi connectivity index (χ4v) is 1.47. The van der Waals surface area contributed by atoms with Crippen molar-refractivity contribution in [3.05, 3.63) is 34.2 Å². The van der Waals surface area contributed by atoms with Crippen molar-refractivity contribution >= 4 is 5.91 Å². The molecule has 1 aromatic heterocycles. The third kappa shape index (κ3) is 3.97. The van der Waals surface area contributed by atoms with Gasteiger partial charge in [-0.25, -0.2) is 0 Å². The van der Waals surface area contributed by atoms with Crippen LogP contribution in [0, 0.1) is 0 Å². The van der Waals surface area contributed by atoms with E-state index in [0.717, 1.165) is 0 Å². The molecule has 1 heterocycles. The Morgan fingerprint density at radius 1 is 1.28 bits per heavy atom. The lowest BCUT2D eigenvalue weighted by Crippen LogP contribution is -2.38. The van der Waals surface area contributed by atoms with Crippen molar-refractivity contribution in [2.75, 3.05) is 40.5 Å². The molecule has 0 spiro atoms. The maximum Gasteiger partial charge on any atom is 0.259 e. The average Bonchev–Trinajstić information content (AvgIpc) is 2.39. The minimum absolute atomic E-state index is 0.129. The third-order valence-corrected chi connectivity index (χ3v) is 2.47. The first-order valence-electron chi connectivity index (χ1n) is 5.65. The molecule has 0 saturated carbocycles. The van der Waals surface area contributed by atoms with Crippen molar-refractivity contribution in [3.8, 4) is 0 Å². The van der Waals surface area contributed by atoms with Crippen molar-refractivity contribution < 1.29 is 14.3 Å². The first-order chi connectivity index (χ1) is 8.70. The number of hydrogen-bond donors (Lipinski definition) is 1. The summed E-state index contributed by atoms with van der Waals surface area (Å²) in [6, 6.07) is 1.33. The minimum Gasteiger partial charge on any atom is -0.383 e. The quantitative estimate of drug-likeness (QED) is 0.749. The van der Waals surface area contributed by atoms with Crippen LogP contribution in [0.1, 0.15) is 10.4 Å². The fourth-order valence-electron chi connectivity index (χ4n) is 1.47. The van der Waals surface area contributed by atoms with Gasteiger partial charge in [0.15, 0.2) is 5.43 Å². The summed E-state index contributed by atoms with van der Waals surface area (Å²) in [5.41, 5.74) is -0.164. The molecular formula is C12H18N2O4. The number of rotatable bonds is 7. The van der Waals surface area contributed by atoms with Crippen LogP contribution in [0.25, 0.3) is 0 Å². The first kappa shape index (κ1) is 14.4. The minimum atomic E-state index is -0.314. The highest BCUT2D eigenvalue weighted by atomic mass is 16.5. The molecule has 1 N–H and O–H groups in total. The molecule has 1 amide bonds. The van der Waals surface area contributed by atoms with Crippen LogP contribution in [0.15, 0.2) is 23.3 Å². The van der Waals surface area contributed by atoms with Crippen LogP contribution >= 0.6 is 0 Å². The number of H-pyrrole nitrogens is 1. The van der Waals surface area contributed by atoms with E-state index in [1.54, 1.807) is 14.2 Å². The van der Waals surface area contributed by atoms with E-state index in [1.165, 1.54) is 23.4 Å². The van der Waals surface area contributed by atoms with Crippen LogP contribution in [0.3, 0.4) is 0 Å². The van der Waals surface area contributed by atoms with E-state index in [0.29, 0.717) is 26.3 Å². The molecule has 0 fully saturated rings. The van der Waals surface area contributed by atoms with Crippen LogP contribution in [0.5, 0.6) is 0 Å². The molecule has 0 atom stereocenters. The molecule has 0 aliphatic heterocycles. The zero-order valence-corrected chi connectivity index (χ0v) is 10.6. The Bertz CT molecular complexity index is 422. The standard InChI is InChI=1S/C12H18N2O4/c1-17-7-5-14(6-8-18-2)12(16)10-9-13-4-3-11(10)15/h3-4,9H,5-8H2,1-2H3,(H,13,15). The lowest BCUT2D eigenvalue weighted by molar-refractivity contribution is 0.0625. The fraction of sp³-hybridized carbons (Fsp3) is 0.500. The maximum atomic E-state index is 12.2. The van der Waals surface area contributed by atoms with E-state index in [9.17, 15) is 9.59 Å². The largest absolute Gasteiger partial charge is 0.383 e. The van der Waals surface area contributed by atoms with E-state index < -0.39 is 0 Å². The second-order valence-electron chi connectivity index (χ2n) is 3.70. The lowest BCUT2D eigenvalue weighted by atomic mass is 10.2. The van der Waals surface area contributed by atoms with E-state index in [1.807, 2.05) is 0 Å². The Balaban J connectivity index is 2.81. The summed E-state index contributed by atoms with van der Waals surface area (Å²) in [6.45, 7) is 1.68. The van der Waals surface area contributed by atoms with Gasteiger partial charge in [0.2, 0.25) is 0 Å². The van der Waals surface area contributed by atoms with Gasteiger partial charge in [0.1, 0.15) is 5.56 Å². The van der Waals surface area contributed by atoms with E-state index in [-0.39, 0.29) is 16.9 Å². The predicted molar refractivity (Wildman–Crippen MR) is 66.7 cm³/mol. The van der Waals surface area contributed by atoms with Crippen molar-refractivity contribution in [1.82, 2.24) is 9.88 Å². The normalized spacial score (nSPS) is 10.3. The summed E-state index contributed by atoms with van der Waals surface area (Å²) in [5.74, 6) is -0.314. The summed E-state index contributed by atoms with van der Waals surface area (Å²) < 4.78 is 9.90. The molecule has 1 aromatic rings. The summed E-state index contributed by atoms with van der Waals surface area (Å²) in [4.78, 5) is 28.0. The van der Waals surface area contributed by atoms with Gasteiger partial charge in [-0.15, -0.1) is 0 Å². The molecule has 0 aliphatic rings. The monoisotopic (exact) mass is 254 g/mol. The van der Waals surface area contributed by atoms with Gasteiger partial charge >= 0.3 is 0 Å². The van der Waals surface area contributed by atoms with Crippen LogP contribution in [-0.4, -0.2) is 56.3 Å². The molecular weight excluding hydrogens is 236 g/mol. The highest BCUT2D eigenvalue weighted by Gasteiger charge is 2.17. The Morgan fingerprint density at radius 3 is 2.39 bits per heavy atom. The van der Waals surface area contributed by atoms with Crippen LogP contribution in [0.4, 0.5) is 0 Å². The number of nitrogens with one attached hydrogen (secondary N) is 1. The van der Waals surface area contributed by atoms with Crippen molar-refractivity contribution in [2.24, 2.45) is 0 Å². The van der Waals surface area contributed by atoms with Gasteiger partial charge in [-0.1, -0.05) is 0 Å². The molecule has 0 bridgehead atoms. The van der Waals surface area contributed by atoms with E-state index >= 15 is 0 Å². The van der Waals surface area contributed by atoms with Gasteiger partial charge in [0, 0.05) is 45.8 Å². The number of methoxy groups -OCH3 is 2. The molecule has 6 nitrogen and oxygen atoms in total. The Hall–Kier alpha value is -1.66. The number of amides is 1. The molecule has 0 saturated heterocycles. The number of carbonyl (C=O) groups excluding carboxylic acids is 1. The van der Waals surface area contributed by atoms with Gasteiger partial charge < -0.3 is 19.4 Å². The topological polar surface area (TPSA) is 71.6 Å². The van der Waals surface area contributed by atoms with Crippen LogP contribution < -0.4 is 5.43 Å². The SMILES string of the molecule is COCCN(CCOC)C(=O)c1c[nH]ccc1=O. The van der Waals surface area contributed by atoms with Gasteiger partial charge in [-0.2, -0.15) is 0 Å². The number of ether oxygens (including phenoxy) is 2. The van der Waals surface area contributed by atoms with Gasteiger partial charge in [0.25, 0.3) is 5.91 Å². The van der Waals surface area contributed by atoms with Crippen molar-refractivity contribution in [1.29, 1.82) is 0 Å². The summed E-state index contributed by atoms with van der Waals surface area (Å²) in [7, 11) is 3.13. The number of aromatic nitrogens is 1. The summed E-state index contributed by atoms with van der Waals surface area (Å²) in [5, 5.41) is 0. The van der Waals surface area contributed by atoms with Crippen LogP contribution in [-0.2, 0) is 9.47 Å². The van der Waals surface area contributed by atoms with Crippen molar-refractivity contribution in [3.63, 3.8) is 0 Å². The molecule has 0 aromatic carbocycles. The van der Waals surface area contributed by atoms with E-state index in [4.69, 9.17) is 9.47 Å². The third-order valence-electron chi connectivity index (χ3n) is 2.47. The molecule has 1 rings (SSSR count). The summed E-state index contributed by atoms with van der Waals surface area (Å²) >= 11 is 0. The number of pyridine rings is 1. The Kier molecular flexibility index (Phi) is 6.10. The smallest absolute Gasteiger partial charge is 0.259 e. The van der Waals surface area contributed by atoms with Gasteiger partial charge in [-0.3, -0.25) is 9.59 Å². The lowest BCUT2D eigenvalue weighted by Gasteiger charge is -2.21. The second-order valence-corrected chi connectivity index (χ2v) is 3.70. The van der Waals surface area contributed by atoms with Gasteiger partial charge in [-0.05, 0) is 0 Å². The Labute approximate surface area is 106 Å². The number of aromatic amines is 1. The molecule has 0 unspecified atom stereocenters. The Morgan fingerprint density at radius 2 is 1.89 bits per heavy atom. The molecule has 0 aliphatic carbocycles. The van der Waals surface area contributed by atoms with Crippen LogP contribution in [0.2, 0.25) is 0 Å². The zero-order chi connectivity index (χ0) is 13.4. The molecule has 0 radical (unpaired) electrons. The number of nitrogens with zero attached hydrogens (tertiary/aromatic N) is 1. The highest BCUT2D eigenvalue weighted by Crippen LogP contribution is 1.99. The molecule has 100 valence electrons.